The Hall–Kier alpha value is -16.9. The summed E-state index contributed by atoms with van der Waals surface area (Å²) >= 11 is 0. The second-order valence-corrected chi connectivity index (χ2v) is 31.3. The van der Waals surface area contributed by atoms with Gasteiger partial charge in [0, 0.05) is 97.5 Å². The lowest BCUT2D eigenvalue weighted by Gasteiger charge is -2.15. The Morgan fingerprint density at radius 2 is 0.484 bits per heavy atom. The number of para-hydroxylation sites is 4. The van der Waals surface area contributed by atoms with Crippen molar-refractivity contribution in [2.24, 2.45) is 0 Å². The average molecular weight is 1590 g/mol. The van der Waals surface area contributed by atoms with Crippen LogP contribution in [0.4, 0.5) is 13.2 Å². The summed E-state index contributed by atoms with van der Waals surface area (Å²) < 4.78 is 59.5. The largest absolute Gasteiger partial charge is 0.456 e. The van der Waals surface area contributed by atoms with Gasteiger partial charge in [0.15, 0.2) is 0 Å². The Kier molecular flexibility index (Phi) is 17.1. The van der Waals surface area contributed by atoms with E-state index >= 15 is 0 Å². The van der Waals surface area contributed by atoms with E-state index in [1.54, 1.807) is 48.5 Å². The molecule has 25 rings (SSSR count). The van der Waals surface area contributed by atoms with E-state index in [1.165, 1.54) is 36.4 Å². The van der Waals surface area contributed by atoms with E-state index in [0.717, 1.165) is 241 Å². The maximum absolute atomic E-state index is 13.8. The lowest BCUT2D eigenvalue weighted by Crippen LogP contribution is -1.92. The number of hydrogen-bond donors (Lipinski definition) is 0. The number of halogens is 3. The number of fused-ring (bicyclic) bond motifs is 24. The minimum Gasteiger partial charge on any atom is -0.456 e. The van der Waals surface area contributed by atoms with Crippen molar-refractivity contribution in [3.8, 4) is 90.4 Å². The molecule has 0 aliphatic heterocycles. The number of nitriles is 2. The molecule has 578 valence electrons. The zero-order valence-corrected chi connectivity index (χ0v) is 65.9. The summed E-state index contributed by atoms with van der Waals surface area (Å²) in [7, 11) is 0. The van der Waals surface area contributed by atoms with Gasteiger partial charge in [-0.25, -0.2) is 28.1 Å². The highest BCUT2D eigenvalue weighted by Crippen LogP contribution is 2.47. The van der Waals surface area contributed by atoms with Crippen molar-refractivity contribution in [1.29, 1.82) is 10.5 Å². The van der Waals surface area contributed by atoms with Gasteiger partial charge in [0.1, 0.15) is 50.9 Å². The van der Waals surface area contributed by atoms with Crippen molar-refractivity contribution in [3.63, 3.8) is 0 Å². The first-order valence-electron chi connectivity index (χ1n) is 40.8. The van der Waals surface area contributed by atoms with Crippen LogP contribution in [0, 0.1) is 40.1 Å². The minimum absolute atomic E-state index is 0.254. The second kappa shape index (κ2) is 29.3. The van der Waals surface area contributed by atoms with Crippen LogP contribution < -0.4 is 0 Å². The van der Waals surface area contributed by atoms with Gasteiger partial charge in [-0.05, 0) is 247 Å². The van der Waals surface area contributed by atoms with Crippen molar-refractivity contribution >= 4 is 163 Å². The van der Waals surface area contributed by atoms with Crippen molar-refractivity contribution in [3.05, 3.63) is 405 Å². The predicted molar refractivity (Wildman–Crippen MR) is 499 cm³/mol. The van der Waals surface area contributed by atoms with Crippen LogP contribution in [0.2, 0.25) is 0 Å². The van der Waals surface area contributed by atoms with Gasteiger partial charge in [0.25, 0.3) is 0 Å². The molecule has 0 bridgehead atoms. The topological polar surface area (TPSA) is 126 Å². The third-order valence-corrected chi connectivity index (χ3v) is 24.2. The summed E-state index contributed by atoms with van der Waals surface area (Å²) in [5.41, 5.74) is 22.9. The highest BCUT2D eigenvalue weighted by Gasteiger charge is 2.22. The average Bonchev–Trinajstić information content (AvgIpc) is 1.01. The molecule has 19 aromatic carbocycles. The van der Waals surface area contributed by atoms with Crippen LogP contribution in [0.15, 0.2) is 389 Å². The summed E-state index contributed by atoms with van der Waals surface area (Å²) in [4.78, 5) is 15.0. The van der Waals surface area contributed by atoms with Crippen LogP contribution in [0.3, 0.4) is 0 Å². The van der Waals surface area contributed by atoms with Crippen molar-refractivity contribution in [2.75, 3.05) is 0 Å². The minimum atomic E-state index is -0.268. The molecule has 0 atom stereocenters. The smallest absolute Gasteiger partial charge is 0.136 e. The zero-order valence-electron chi connectivity index (χ0n) is 65.9. The molecule has 0 fully saturated rings. The molecule has 8 nitrogen and oxygen atoms in total. The molecule has 0 spiro atoms. The fourth-order valence-electron chi connectivity index (χ4n) is 18.4. The Morgan fingerprint density at radius 3 is 0.919 bits per heavy atom. The molecule has 124 heavy (non-hydrogen) atoms. The molecule has 0 aliphatic rings. The molecular formula is C113H62F3N5O3. The number of nitrogens with zero attached hydrogens (tertiary/aromatic N) is 5. The third-order valence-electron chi connectivity index (χ3n) is 24.2. The summed E-state index contributed by atoms with van der Waals surface area (Å²) in [6.07, 6.45) is 0. The summed E-state index contributed by atoms with van der Waals surface area (Å²) in [6.45, 7) is 0. The number of furan rings is 3. The maximum atomic E-state index is 13.8. The third kappa shape index (κ3) is 12.2. The van der Waals surface area contributed by atoms with Gasteiger partial charge in [-0.15, -0.1) is 0 Å². The molecule has 25 aromatic rings. The fraction of sp³-hybridized carbons (Fsp3) is 0. The molecule has 0 radical (unpaired) electrons. The van der Waals surface area contributed by atoms with E-state index in [9.17, 15) is 23.7 Å². The van der Waals surface area contributed by atoms with E-state index in [4.69, 9.17) is 28.2 Å². The monoisotopic (exact) mass is 1590 g/mol. The second-order valence-electron chi connectivity index (χ2n) is 31.3. The number of benzene rings is 19. The van der Waals surface area contributed by atoms with Gasteiger partial charge < -0.3 is 13.3 Å². The molecule has 0 saturated heterocycles. The Balaban J connectivity index is 0.000000108. The van der Waals surface area contributed by atoms with Gasteiger partial charge in [-0.1, -0.05) is 206 Å². The van der Waals surface area contributed by atoms with E-state index in [1.807, 2.05) is 97.1 Å². The van der Waals surface area contributed by atoms with E-state index in [0.29, 0.717) is 11.1 Å². The first-order valence-corrected chi connectivity index (χ1v) is 40.8. The van der Waals surface area contributed by atoms with Crippen LogP contribution in [0.5, 0.6) is 0 Å². The van der Waals surface area contributed by atoms with Crippen LogP contribution >= 0.6 is 0 Å². The van der Waals surface area contributed by atoms with Crippen molar-refractivity contribution < 1.29 is 26.4 Å². The zero-order chi connectivity index (χ0) is 82.8. The normalized spacial score (nSPS) is 11.7. The number of hydrogen-bond acceptors (Lipinski definition) is 8. The molecule has 0 aliphatic carbocycles. The highest BCUT2D eigenvalue weighted by molar-refractivity contribution is 6.28. The lowest BCUT2D eigenvalue weighted by atomic mass is 9.91. The van der Waals surface area contributed by atoms with Crippen molar-refractivity contribution in [1.82, 2.24) is 15.0 Å². The lowest BCUT2D eigenvalue weighted by molar-refractivity contribution is 0.627. The molecule has 0 amide bonds. The molecule has 6 heterocycles. The van der Waals surface area contributed by atoms with Crippen LogP contribution in [0.1, 0.15) is 11.1 Å². The molecular weight excluding hydrogens is 1530 g/mol. The van der Waals surface area contributed by atoms with Crippen molar-refractivity contribution in [2.45, 2.75) is 0 Å². The van der Waals surface area contributed by atoms with Gasteiger partial charge in [-0.3, -0.25) is 0 Å². The molecule has 0 unspecified atom stereocenters. The van der Waals surface area contributed by atoms with E-state index in [-0.39, 0.29) is 17.5 Å². The quantitative estimate of drug-likeness (QED) is 0.144. The molecule has 0 N–H and O–H groups in total. The van der Waals surface area contributed by atoms with Gasteiger partial charge >= 0.3 is 0 Å². The van der Waals surface area contributed by atoms with E-state index < -0.39 is 0 Å². The first-order chi connectivity index (χ1) is 61.1. The number of pyridine rings is 3. The van der Waals surface area contributed by atoms with E-state index in [2.05, 4.69) is 206 Å². The molecule has 0 saturated carbocycles. The van der Waals surface area contributed by atoms with Gasteiger partial charge in [-0.2, -0.15) is 10.5 Å². The maximum Gasteiger partial charge on any atom is 0.136 e. The highest BCUT2D eigenvalue weighted by atomic mass is 19.1. The van der Waals surface area contributed by atoms with Gasteiger partial charge in [0.2, 0.25) is 0 Å². The first kappa shape index (κ1) is 72.4. The fourth-order valence-corrected chi connectivity index (χ4v) is 18.4. The van der Waals surface area contributed by atoms with Crippen LogP contribution in [0.25, 0.3) is 241 Å². The SMILES string of the molecule is Fc1ccc(-c2nc3ccccc3c3c2ccc2c(-c4ccc5c(c4)oc4ccccc45)cccc23)cc1.N#Cc1ccc2oc3ccc(-c4ccc(-c5cccc6c5ccc5c(-c7ccc(F)cc7)nc7ccccc7c56)cc4)cc3c2c1.N#Cc1ccc2oc3ccc(-c4cccc5c4ccc4c(-c6ccc(F)cc6)nc6ccccc6c45)cc3c2c1. The Labute approximate surface area is 705 Å². The number of aromatic nitrogens is 3. The summed E-state index contributed by atoms with van der Waals surface area (Å²) in [5.74, 6) is -0.787. The predicted octanol–water partition coefficient (Wildman–Crippen LogP) is 31.2. The summed E-state index contributed by atoms with van der Waals surface area (Å²) in [5, 5.41) is 41.6. The van der Waals surface area contributed by atoms with Crippen LogP contribution in [-0.2, 0) is 0 Å². The standard InChI is InChI=1S/C42H23FN2O.C36H19FN2O.C35H20FNO/c43-30-16-13-28(14-17-30)42-35-19-18-32-31(5-3-6-33(32)41(35)34-4-1-2-7-38(34)45-42)27-11-9-26(10-12-27)29-15-21-40-37(23-29)36-22-25(24-44)8-20-39(36)46-40;37-24-12-9-22(10-13-24)36-29-15-14-26-25(5-3-6-27(26)35(29)28-4-1-2-7-32(28)39-36)23-11-17-34-31(19-23)30-18-21(20-38)8-16-33(30)40-34;36-23-15-12-21(13-16-23)35-30-19-18-25-24(8-5-9-28(25)34(30)29-7-1-3-10-31(29)37-35)22-14-17-27-26-6-2-4-11-32(26)38-33(27)20-22/h1-23H;1-19H;1-20H. The number of rotatable bonds is 7. The summed E-state index contributed by atoms with van der Waals surface area (Å²) in [6, 6.07) is 128. The van der Waals surface area contributed by atoms with Crippen LogP contribution in [-0.4, -0.2) is 15.0 Å². The Bertz CT molecular complexity index is 8870. The Morgan fingerprint density at radius 1 is 0.194 bits per heavy atom. The van der Waals surface area contributed by atoms with Gasteiger partial charge in [0.05, 0.1) is 56.9 Å². The molecule has 6 aromatic heterocycles. The molecule has 11 heteroatoms.